The minimum atomic E-state index is -0.271. The minimum Gasteiger partial charge on any atom is -0.469 e. The van der Waals surface area contributed by atoms with Crippen molar-refractivity contribution in [1.29, 1.82) is 0 Å². The number of aryl methyl sites for hydroxylation is 1. The first-order valence-electron chi connectivity index (χ1n) is 6.79. The van der Waals surface area contributed by atoms with Gasteiger partial charge in [-0.1, -0.05) is 0 Å². The van der Waals surface area contributed by atoms with Gasteiger partial charge in [-0.15, -0.1) is 11.3 Å². The fourth-order valence-electron chi connectivity index (χ4n) is 2.33. The lowest BCUT2D eigenvalue weighted by molar-refractivity contribution is -0.140. The van der Waals surface area contributed by atoms with Crippen molar-refractivity contribution in [2.24, 2.45) is 0 Å². The SMILES string of the molecule is CCOC(=O)c1c(NCCC(=O)OC)sc2c1CCC2. The number of rotatable bonds is 6. The van der Waals surface area contributed by atoms with Crippen LogP contribution < -0.4 is 5.32 Å². The molecule has 0 radical (unpaired) electrons. The molecule has 1 aromatic rings. The Bertz CT molecular complexity index is 510. The van der Waals surface area contributed by atoms with E-state index in [4.69, 9.17) is 4.74 Å². The largest absolute Gasteiger partial charge is 0.469 e. The van der Waals surface area contributed by atoms with E-state index in [2.05, 4.69) is 10.1 Å². The van der Waals surface area contributed by atoms with Gasteiger partial charge in [0.05, 0.1) is 25.7 Å². The van der Waals surface area contributed by atoms with Crippen LogP contribution in [-0.2, 0) is 27.1 Å². The van der Waals surface area contributed by atoms with Crippen LogP contribution in [0.15, 0.2) is 0 Å². The summed E-state index contributed by atoms with van der Waals surface area (Å²) in [6.07, 6.45) is 3.32. The van der Waals surface area contributed by atoms with Gasteiger partial charge < -0.3 is 14.8 Å². The molecule has 0 unspecified atom stereocenters. The van der Waals surface area contributed by atoms with Crippen molar-refractivity contribution in [2.75, 3.05) is 25.6 Å². The van der Waals surface area contributed by atoms with Gasteiger partial charge in [-0.2, -0.15) is 0 Å². The topological polar surface area (TPSA) is 64.6 Å². The second kappa shape index (κ2) is 6.74. The Balaban J connectivity index is 2.11. The molecule has 0 aromatic carbocycles. The molecule has 6 heteroatoms. The molecule has 20 heavy (non-hydrogen) atoms. The monoisotopic (exact) mass is 297 g/mol. The van der Waals surface area contributed by atoms with Crippen LogP contribution in [0.2, 0.25) is 0 Å². The highest BCUT2D eigenvalue weighted by atomic mass is 32.1. The highest BCUT2D eigenvalue weighted by Crippen LogP contribution is 2.39. The van der Waals surface area contributed by atoms with E-state index in [0.29, 0.717) is 18.7 Å². The molecular weight excluding hydrogens is 278 g/mol. The van der Waals surface area contributed by atoms with E-state index in [9.17, 15) is 9.59 Å². The number of esters is 2. The molecule has 0 saturated heterocycles. The molecule has 0 spiro atoms. The van der Waals surface area contributed by atoms with E-state index >= 15 is 0 Å². The number of carbonyl (C=O) groups excluding carboxylic acids is 2. The van der Waals surface area contributed by atoms with E-state index in [0.717, 1.165) is 29.8 Å². The first-order chi connectivity index (χ1) is 9.67. The molecule has 110 valence electrons. The van der Waals surface area contributed by atoms with Crippen molar-refractivity contribution < 1.29 is 19.1 Å². The Kier molecular flexibility index (Phi) is 5.00. The molecule has 0 amide bonds. The van der Waals surface area contributed by atoms with Crippen LogP contribution in [0.25, 0.3) is 0 Å². The van der Waals surface area contributed by atoms with E-state index in [1.165, 1.54) is 12.0 Å². The molecule has 1 heterocycles. The van der Waals surface area contributed by atoms with Crippen LogP contribution in [0, 0.1) is 0 Å². The summed E-state index contributed by atoms with van der Waals surface area (Å²) in [6, 6.07) is 0. The summed E-state index contributed by atoms with van der Waals surface area (Å²) in [4.78, 5) is 24.5. The van der Waals surface area contributed by atoms with Gasteiger partial charge in [0, 0.05) is 11.4 Å². The van der Waals surface area contributed by atoms with Gasteiger partial charge in [-0.3, -0.25) is 4.79 Å². The Morgan fingerprint density at radius 1 is 1.35 bits per heavy atom. The standard InChI is InChI=1S/C14H19NO4S/c1-3-19-14(17)12-9-5-4-6-10(9)20-13(12)15-8-7-11(16)18-2/h15H,3-8H2,1-2H3. The molecule has 0 aliphatic heterocycles. The molecular formula is C14H19NO4S. The van der Waals surface area contributed by atoms with E-state index < -0.39 is 0 Å². The molecule has 1 aliphatic carbocycles. The highest BCUT2D eigenvalue weighted by molar-refractivity contribution is 7.16. The summed E-state index contributed by atoms with van der Waals surface area (Å²) in [7, 11) is 1.37. The Morgan fingerprint density at radius 2 is 2.15 bits per heavy atom. The predicted molar refractivity (Wildman–Crippen MR) is 77.4 cm³/mol. The maximum atomic E-state index is 12.1. The van der Waals surface area contributed by atoms with E-state index in [1.807, 2.05) is 0 Å². The van der Waals surface area contributed by atoms with Gasteiger partial charge in [0.1, 0.15) is 5.00 Å². The predicted octanol–water partition coefficient (Wildman–Crippen LogP) is 2.39. The zero-order chi connectivity index (χ0) is 14.5. The zero-order valence-electron chi connectivity index (χ0n) is 11.8. The lowest BCUT2D eigenvalue weighted by atomic mass is 10.1. The van der Waals surface area contributed by atoms with Gasteiger partial charge in [-0.05, 0) is 31.7 Å². The van der Waals surface area contributed by atoms with Crippen LogP contribution >= 0.6 is 11.3 Å². The number of nitrogens with one attached hydrogen (secondary N) is 1. The Morgan fingerprint density at radius 3 is 2.85 bits per heavy atom. The first-order valence-corrected chi connectivity index (χ1v) is 7.61. The molecule has 2 rings (SSSR count). The number of fused-ring (bicyclic) bond motifs is 1. The maximum absolute atomic E-state index is 12.1. The molecule has 1 aromatic heterocycles. The Hall–Kier alpha value is -1.56. The third-order valence-electron chi connectivity index (χ3n) is 3.24. The second-order valence-corrected chi connectivity index (χ2v) is 5.64. The van der Waals surface area contributed by atoms with Gasteiger partial charge >= 0.3 is 11.9 Å². The van der Waals surface area contributed by atoms with E-state index in [-0.39, 0.29) is 18.4 Å². The van der Waals surface area contributed by atoms with Crippen molar-refractivity contribution in [2.45, 2.75) is 32.6 Å². The van der Waals surface area contributed by atoms with Gasteiger partial charge in [0.25, 0.3) is 0 Å². The number of thiophene rings is 1. The number of anilines is 1. The fourth-order valence-corrected chi connectivity index (χ4v) is 3.63. The summed E-state index contributed by atoms with van der Waals surface area (Å²) >= 11 is 1.60. The number of carbonyl (C=O) groups is 2. The first kappa shape index (κ1) is 14.8. The van der Waals surface area contributed by atoms with Gasteiger partial charge in [-0.25, -0.2) is 4.79 Å². The molecule has 0 atom stereocenters. The molecule has 0 saturated carbocycles. The van der Waals surface area contributed by atoms with Crippen molar-refractivity contribution in [3.8, 4) is 0 Å². The molecule has 1 aliphatic rings. The van der Waals surface area contributed by atoms with Crippen molar-refractivity contribution in [3.05, 3.63) is 16.0 Å². The van der Waals surface area contributed by atoms with Crippen LogP contribution in [0.3, 0.4) is 0 Å². The quantitative estimate of drug-likeness (QED) is 0.817. The third-order valence-corrected chi connectivity index (χ3v) is 4.49. The smallest absolute Gasteiger partial charge is 0.341 e. The normalized spacial score (nSPS) is 12.9. The third kappa shape index (κ3) is 3.12. The average molecular weight is 297 g/mol. The van der Waals surface area contributed by atoms with Crippen LogP contribution in [0.5, 0.6) is 0 Å². The second-order valence-electron chi connectivity index (χ2n) is 4.53. The van der Waals surface area contributed by atoms with Crippen LogP contribution in [0.1, 0.15) is 40.6 Å². The fraction of sp³-hybridized carbons (Fsp3) is 0.571. The van der Waals surface area contributed by atoms with Crippen LogP contribution in [0.4, 0.5) is 5.00 Å². The molecule has 0 fully saturated rings. The average Bonchev–Trinajstić information content (AvgIpc) is 2.98. The number of hydrogen-bond donors (Lipinski definition) is 1. The number of methoxy groups -OCH3 is 1. The zero-order valence-corrected chi connectivity index (χ0v) is 12.6. The highest BCUT2D eigenvalue weighted by Gasteiger charge is 2.27. The lowest BCUT2D eigenvalue weighted by Crippen LogP contribution is -2.13. The molecule has 1 N–H and O–H groups in total. The summed E-state index contributed by atoms with van der Waals surface area (Å²) in [5, 5.41) is 3.98. The summed E-state index contributed by atoms with van der Waals surface area (Å²) < 4.78 is 9.74. The Labute approximate surface area is 122 Å². The molecule has 5 nitrogen and oxygen atoms in total. The maximum Gasteiger partial charge on any atom is 0.341 e. The molecule has 0 bridgehead atoms. The van der Waals surface area contributed by atoms with Crippen molar-refractivity contribution in [1.82, 2.24) is 0 Å². The van der Waals surface area contributed by atoms with E-state index in [1.54, 1.807) is 18.3 Å². The summed E-state index contributed by atoms with van der Waals surface area (Å²) in [5.41, 5.74) is 1.78. The van der Waals surface area contributed by atoms with Crippen molar-refractivity contribution >= 4 is 28.3 Å². The lowest BCUT2D eigenvalue weighted by Gasteiger charge is -2.08. The van der Waals surface area contributed by atoms with Gasteiger partial charge in [0.15, 0.2) is 0 Å². The van der Waals surface area contributed by atoms with Crippen LogP contribution in [-0.4, -0.2) is 32.2 Å². The summed E-state index contributed by atoms with van der Waals surface area (Å²) in [6.45, 7) is 2.62. The van der Waals surface area contributed by atoms with Gasteiger partial charge in [0.2, 0.25) is 0 Å². The number of ether oxygens (including phenoxy) is 2. The van der Waals surface area contributed by atoms with Crippen molar-refractivity contribution in [3.63, 3.8) is 0 Å². The number of hydrogen-bond acceptors (Lipinski definition) is 6. The minimum absolute atomic E-state index is 0.265. The summed E-state index contributed by atoms with van der Waals surface area (Å²) in [5.74, 6) is -0.535.